The number of rotatable bonds is 4. The van der Waals surface area contributed by atoms with Gasteiger partial charge in [0.1, 0.15) is 0 Å². The molecular formula is C21H17ClN2O2. The Morgan fingerprint density at radius 2 is 1.27 bits per heavy atom. The summed E-state index contributed by atoms with van der Waals surface area (Å²) in [5.74, 6) is -0.440. The number of hydrogen-bond donors (Lipinski definition) is 2. The highest BCUT2D eigenvalue weighted by Gasteiger charge is 2.09. The summed E-state index contributed by atoms with van der Waals surface area (Å²) in [6.45, 7) is 1.97. The summed E-state index contributed by atoms with van der Waals surface area (Å²) in [5, 5.41) is 6.21. The van der Waals surface area contributed by atoms with Crippen LogP contribution in [-0.2, 0) is 0 Å². The molecule has 0 radical (unpaired) electrons. The molecule has 0 fully saturated rings. The lowest BCUT2D eigenvalue weighted by Crippen LogP contribution is -2.13. The van der Waals surface area contributed by atoms with Crippen molar-refractivity contribution in [3.63, 3.8) is 0 Å². The Kier molecular flexibility index (Phi) is 5.34. The van der Waals surface area contributed by atoms with Gasteiger partial charge in [-0.25, -0.2) is 0 Å². The van der Waals surface area contributed by atoms with Crippen LogP contribution in [0.4, 0.5) is 11.4 Å². The number of halogens is 1. The first kappa shape index (κ1) is 17.7. The number of anilines is 2. The van der Waals surface area contributed by atoms with Gasteiger partial charge in [0.25, 0.3) is 11.8 Å². The first-order valence-electron chi connectivity index (χ1n) is 8.06. The summed E-state index contributed by atoms with van der Waals surface area (Å²) in [6, 6.07) is 21.0. The van der Waals surface area contributed by atoms with Crippen LogP contribution in [0.25, 0.3) is 0 Å². The maximum absolute atomic E-state index is 12.3. The molecule has 3 aromatic rings. The van der Waals surface area contributed by atoms with Crippen LogP contribution in [0.5, 0.6) is 0 Å². The fourth-order valence-electron chi connectivity index (χ4n) is 2.44. The third kappa shape index (κ3) is 4.49. The van der Waals surface area contributed by atoms with Crippen LogP contribution in [0.15, 0.2) is 72.8 Å². The maximum atomic E-state index is 12.3. The van der Waals surface area contributed by atoms with Gasteiger partial charge in [-0.2, -0.15) is 0 Å². The van der Waals surface area contributed by atoms with Gasteiger partial charge in [-0.3, -0.25) is 9.59 Å². The van der Waals surface area contributed by atoms with E-state index in [1.165, 1.54) is 0 Å². The molecule has 3 rings (SSSR count). The molecule has 3 aromatic carbocycles. The minimum Gasteiger partial charge on any atom is -0.322 e. The van der Waals surface area contributed by atoms with E-state index < -0.39 is 0 Å². The van der Waals surface area contributed by atoms with E-state index in [0.29, 0.717) is 21.8 Å². The Balaban J connectivity index is 1.65. The molecule has 5 heteroatoms. The number of amides is 2. The standard InChI is InChI=1S/C21H17ClN2O2/c1-14-3-2-4-19(13-14)24-21(26)16-7-11-18(12-8-16)23-20(25)15-5-9-17(22)10-6-15/h2-13H,1H3,(H,23,25)(H,24,26). The molecule has 0 aromatic heterocycles. The van der Waals surface area contributed by atoms with E-state index in [2.05, 4.69) is 10.6 Å². The zero-order valence-electron chi connectivity index (χ0n) is 14.1. The van der Waals surface area contributed by atoms with Crippen molar-refractivity contribution in [2.45, 2.75) is 6.92 Å². The third-order valence-electron chi connectivity index (χ3n) is 3.79. The summed E-state index contributed by atoms with van der Waals surface area (Å²) in [4.78, 5) is 24.5. The van der Waals surface area contributed by atoms with Crippen molar-refractivity contribution < 1.29 is 9.59 Å². The third-order valence-corrected chi connectivity index (χ3v) is 4.04. The highest BCUT2D eigenvalue weighted by Crippen LogP contribution is 2.15. The van der Waals surface area contributed by atoms with Crippen molar-refractivity contribution in [1.82, 2.24) is 0 Å². The van der Waals surface area contributed by atoms with E-state index >= 15 is 0 Å². The van der Waals surface area contributed by atoms with E-state index in [0.717, 1.165) is 11.3 Å². The lowest BCUT2D eigenvalue weighted by atomic mass is 10.1. The highest BCUT2D eigenvalue weighted by molar-refractivity contribution is 6.30. The Morgan fingerprint density at radius 3 is 1.85 bits per heavy atom. The molecule has 0 unspecified atom stereocenters. The summed E-state index contributed by atoms with van der Waals surface area (Å²) in [7, 11) is 0. The zero-order valence-corrected chi connectivity index (χ0v) is 14.9. The number of aryl methyl sites for hydroxylation is 1. The lowest BCUT2D eigenvalue weighted by Gasteiger charge is -2.08. The second-order valence-electron chi connectivity index (χ2n) is 5.86. The molecule has 0 saturated heterocycles. The number of benzene rings is 3. The number of hydrogen-bond acceptors (Lipinski definition) is 2. The summed E-state index contributed by atoms with van der Waals surface area (Å²) in [6.07, 6.45) is 0. The van der Waals surface area contributed by atoms with Crippen LogP contribution in [0.3, 0.4) is 0 Å². The molecular weight excluding hydrogens is 348 g/mol. The van der Waals surface area contributed by atoms with Crippen LogP contribution in [-0.4, -0.2) is 11.8 Å². The van der Waals surface area contributed by atoms with Crippen LogP contribution < -0.4 is 10.6 Å². The van der Waals surface area contributed by atoms with Gasteiger partial charge in [-0.05, 0) is 73.2 Å². The Hall–Kier alpha value is -3.11. The molecule has 2 N–H and O–H groups in total. The van der Waals surface area contributed by atoms with Gasteiger partial charge < -0.3 is 10.6 Å². The van der Waals surface area contributed by atoms with Crippen molar-refractivity contribution in [2.75, 3.05) is 10.6 Å². The normalized spacial score (nSPS) is 10.2. The molecule has 0 aliphatic heterocycles. The minimum atomic E-state index is -0.237. The molecule has 0 aliphatic rings. The van der Waals surface area contributed by atoms with Crippen molar-refractivity contribution in [2.24, 2.45) is 0 Å². The largest absolute Gasteiger partial charge is 0.322 e. The molecule has 0 atom stereocenters. The Labute approximate surface area is 156 Å². The molecule has 0 heterocycles. The quantitative estimate of drug-likeness (QED) is 0.672. The second kappa shape index (κ2) is 7.85. The monoisotopic (exact) mass is 364 g/mol. The average Bonchev–Trinajstić information content (AvgIpc) is 2.63. The van der Waals surface area contributed by atoms with Gasteiger partial charge in [0, 0.05) is 27.5 Å². The summed E-state index contributed by atoms with van der Waals surface area (Å²) in [5.41, 5.74) is 3.45. The first-order valence-corrected chi connectivity index (χ1v) is 8.44. The number of carbonyl (C=O) groups excluding carboxylic acids is 2. The van der Waals surface area contributed by atoms with Crippen LogP contribution in [0.1, 0.15) is 26.3 Å². The molecule has 0 aliphatic carbocycles. The van der Waals surface area contributed by atoms with Crippen molar-refractivity contribution >= 4 is 34.8 Å². The zero-order chi connectivity index (χ0) is 18.5. The molecule has 0 saturated carbocycles. The lowest BCUT2D eigenvalue weighted by molar-refractivity contribution is 0.102. The van der Waals surface area contributed by atoms with Crippen molar-refractivity contribution in [3.8, 4) is 0 Å². The van der Waals surface area contributed by atoms with Gasteiger partial charge in [0.2, 0.25) is 0 Å². The predicted octanol–water partition coefficient (Wildman–Crippen LogP) is 5.15. The Bertz CT molecular complexity index is 935. The van der Waals surface area contributed by atoms with Crippen molar-refractivity contribution in [3.05, 3.63) is 94.5 Å². The van der Waals surface area contributed by atoms with E-state index in [1.54, 1.807) is 48.5 Å². The predicted molar refractivity (Wildman–Crippen MR) is 105 cm³/mol. The summed E-state index contributed by atoms with van der Waals surface area (Å²) < 4.78 is 0. The van der Waals surface area contributed by atoms with Gasteiger partial charge >= 0.3 is 0 Å². The fraction of sp³-hybridized carbons (Fsp3) is 0.0476. The maximum Gasteiger partial charge on any atom is 0.255 e. The molecule has 4 nitrogen and oxygen atoms in total. The first-order chi connectivity index (χ1) is 12.5. The van der Waals surface area contributed by atoms with Gasteiger partial charge in [0.05, 0.1) is 0 Å². The highest BCUT2D eigenvalue weighted by atomic mass is 35.5. The summed E-state index contributed by atoms with van der Waals surface area (Å²) >= 11 is 5.82. The molecule has 26 heavy (non-hydrogen) atoms. The Morgan fingerprint density at radius 1 is 0.731 bits per heavy atom. The second-order valence-corrected chi connectivity index (χ2v) is 6.30. The van der Waals surface area contributed by atoms with E-state index in [-0.39, 0.29) is 11.8 Å². The average molecular weight is 365 g/mol. The minimum absolute atomic E-state index is 0.203. The molecule has 2 amide bonds. The van der Waals surface area contributed by atoms with Crippen LogP contribution >= 0.6 is 11.6 Å². The van der Waals surface area contributed by atoms with Crippen molar-refractivity contribution in [1.29, 1.82) is 0 Å². The SMILES string of the molecule is Cc1cccc(NC(=O)c2ccc(NC(=O)c3ccc(Cl)cc3)cc2)c1. The van der Waals surface area contributed by atoms with E-state index in [1.807, 2.05) is 31.2 Å². The van der Waals surface area contributed by atoms with Crippen LogP contribution in [0.2, 0.25) is 5.02 Å². The van der Waals surface area contributed by atoms with Gasteiger partial charge in [0.15, 0.2) is 0 Å². The molecule has 130 valence electrons. The molecule has 0 bridgehead atoms. The number of nitrogens with one attached hydrogen (secondary N) is 2. The molecule has 0 spiro atoms. The van der Waals surface area contributed by atoms with Gasteiger partial charge in [-0.15, -0.1) is 0 Å². The van der Waals surface area contributed by atoms with Gasteiger partial charge in [-0.1, -0.05) is 23.7 Å². The van der Waals surface area contributed by atoms with E-state index in [4.69, 9.17) is 11.6 Å². The van der Waals surface area contributed by atoms with E-state index in [9.17, 15) is 9.59 Å². The smallest absolute Gasteiger partial charge is 0.255 e. The number of carbonyl (C=O) groups is 2. The van der Waals surface area contributed by atoms with Crippen LogP contribution in [0, 0.1) is 6.92 Å². The fourth-order valence-corrected chi connectivity index (χ4v) is 2.56. The topological polar surface area (TPSA) is 58.2 Å².